The van der Waals surface area contributed by atoms with Gasteiger partial charge in [-0.25, -0.2) is 0 Å². The lowest BCUT2D eigenvalue weighted by molar-refractivity contribution is -0.126. The molecule has 2 aliphatic heterocycles. The Morgan fingerprint density at radius 2 is 1.80 bits per heavy atom. The van der Waals surface area contributed by atoms with Gasteiger partial charge < -0.3 is 15.1 Å². The highest BCUT2D eigenvalue weighted by molar-refractivity contribution is 6.00. The number of carbonyl (C=O) groups is 2. The van der Waals surface area contributed by atoms with Crippen LogP contribution in [0.25, 0.3) is 0 Å². The van der Waals surface area contributed by atoms with Gasteiger partial charge in [-0.3, -0.25) is 9.59 Å². The van der Waals surface area contributed by atoms with E-state index in [9.17, 15) is 9.59 Å². The van der Waals surface area contributed by atoms with Gasteiger partial charge in [0.2, 0.25) is 11.8 Å². The van der Waals surface area contributed by atoms with E-state index in [1.165, 1.54) is 31.2 Å². The summed E-state index contributed by atoms with van der Waals surface area (Å²) in [6.07, 6.45) is 5.47. The summed E-state index contributed by atoms with van der Waals surface area (Å²) in [7, 11) is 0. The summed E-state index contributed by atoms with van der Waals surface area (Å²) in [5, 5.41) is 3.03. The van der Waals surface area contributed by atoms with Gasteiger partial charge in [-0.2, -0.15) is 0 Å². The summed E-state index contributed by atoms with van der Waals surface area (Å²) < 4.78 is 0. The van der Waals surface area contributed by atoms with Crippen LogP contribution in [0.3, 0.4) is 0 Å². The number of nitrogens with zero attached hydrogens (tertiary/aromatic N) is 2. The predicted octanol–water partition coefficient (Wildman–Crippen LogP) is 2.34. The highest BCUT2D eigenvalue weighted by Gasteiger charge is 2.34. The van der Waals surface area contributed by atoms with Crippen LogP contribution in [0.15, 0.2) is 24.3 Å². The van der Waals surface area contributed by atoms with Crippen molar-refractivity contribution in [2.45, 2.75) is 39.0 Å². The van der Waals surface area contributed by atoms with E-state index in [1.54, 1.807) is 4.90 Å². The Bertz CT molecular complexity index is 591. The number of carbonyl (C=O) groups excluding carboxylic acids is 2. The monoisotopic (exact) mass is 343 g/mol. The van der Waals surface area contributed by atoms with Gasteiger partial charge >= 0.3 is 0 Å². The number of hydrogen-bond acceptors (Lipinski definition) is 3. The molecule has 1 unspecified atom stereocenters. The fourth-order valence-corrected chi connectivity index (χ4v) is 3.70. The van der Waals surface area contributed by atoms with E-state index in [4.69, 9.17) is 0 Å². The fraction of sp³-hybridized carbons (Fsp3) is 0.600. The molecule has 5 nitrogen and oxygen atoms in total. The van der Waals surface area contributed by atoms with E-state index >= 15 is 0 Å². The third kappa shape index (κ3) is 4.82. The van der Waals surface area contributed by atoms with Gasteiger partial charge in [-0.15, -0.1) is 0 Å². The smallest absolute Gasteiger partial charge is 0.227 e. The summed E-state index contributed by atoms with van der Waals surface area (Å²) in [4.78, 5) is 28.9. The molecule has 0 bridgehead atoms. The average Bonchev–Trinajstić information content (AvgIpc) is 2.82. The molecule has 0 aliphatic carbocycles. The van der Waals surface area contributed by atoms with Crippen LogP contribution in [0, 0.1) is 12.8 Å². The summed E-state index contributed by atoms with van der Waals surface area (Å²) in [6.45, 7) is 6.37. The molecule has 5 heteroatoms. The Hall–Kier alpha value is -1.88. The number of benzene rings is 1. The first kappa shape index (κ1) is 17.9. The van der Waals surface area contributed by atoms with Crippen LogP contribution in [0.5, 0.6) is 0 Å². The lowest BCUT2D eigenvalue weighted by Gasteiger charge is -2.20. The molecule has 25 heavy (non-hydrogen) atoms. The molecule has 3 rings (SSSR count). The summed E-state index contributed by atoms with van der Waals surface area (Å²) in [5.74, 6) is -0.188. The van der Waals surface area contributed by atoms with Gasteiger partial charge in [0.05, 0.1) is 5.92 Å². The van der Waals surface area contributed by atoms with Crippen molar-refractivity contribution in [2.75, 3.05) is 37.6 Å². The normalized spacial score (nSPS) is 22.0. The van der Waals surface area contributed by atoms with Crippen molar-refractivity contribution in [1.29, 1.82) is 0 Å². The highest BCUT2D eigenvalue weighted by atomic mass is 16.2. The van der Waals surface area contributed by atoms with Crippen molar-refractivity contribution in [2.24, 2.45) is 5.92 Å². The maximum Gasteiger partial charge on any atom is 0.227 e. The van der Waals surface area contributed by atoms with E-state index in [0.717, 1.165) is 25.3 Å². The van der Waals surface area contributed by atoms with E-state index < -0.39 is 0 Å². The molecule has 2 amide bonds. The predicted molar refractivity (Wildman–Crippen MR) is 99.6 cm³/mol. The first-order valence-corrected chi connectivity index (χ1v) is 9.50. The minimum Gasteiger partial charge on any atom is -0.355 e. The molecule has 0 radical (unpaired) electrons. The van der Waals surface area contributed by atoms with Crippen molar-refractivity contribution in [3.63, 3.8) is 0 Å². The number of likely N-dealkylation sites (tertiary alicyclic amines) is 1. The molecule has 1 aromatic rings. The zero-order chi connectivity index (χ0) is 17.6. The Labute approximate surface area is 150 Å². The van der Waals surface area contributed by atoms with Crippen molar-refractivity contribution in [3.8, 4) is 0 Å². The number of anilines is 1. The van der Waals surface area contributed by atoms with E-state index in [-0.39, 0.29) is 17.7 Å². The third-order valence-electron chi connectivity index (χ3n) is 5.27. The Kier molecular flexibility index (Phi) is 6.08. The molecule has 2 saturated heterocycles. The summed E-state index contributed by atoms with van der Waals surface area (Å²) in [5.41, 5.74) is 2.05. The molecule has 1 aromatic carbocycles. The molecule has 2 aliphatic rings. The average molecular weight is 343 g/mol. The second-order valence-electron chi connectivity index (χ2n) is 7.29. The molecule has 1 N–H and O–H groups in total. The molecular weight excluding hydrogens is 314 g/mol. The Balaban J connectivity index is 1.46. The Morgan fingerprint density at radius 3 is 2.48 bits per heavy atom. The van der Waals surface area contributed by atoms with Gasteiger partial charge in [0.1, 0.15) is 0 Å². The van der Waals surface area contributed by atoms with Crippen LogP contribution >= 0.6 is 0 Å². The van der Waals surface area contributed by atoms with Crippen LogP contribution in [0.4, 0.5) is 5.69 Å². The minimum atomic E-state index is -0.238. The lowest BCUT2D eigenvalue weighted by Crippen LogP contribution is -2.38. The zero-order valence-electron chi connectivity index (χ0n) is 15.2. The third-order valence-corrected chi connectivity index (χ3v) is 5.27. The maximum atomic E-state index is 12.4. The molecule has 0 saturated carbocycles. The van der Waals surface area contributed by atoms with Crippen LogP contribution < -0.4 is 10.2 Å². The summed E-state index contributed by atoms with van der Waals surface area (Å²) in [6, 6.07) is 7.90. The van der Waals surface area contributed by atoms with E-state index in [2.05, 4.69) is 10.2 Å². The van der Waals surface area contributed by atoms with E-state index in [0.29, 0.717) is 19.5 Å². The van der Waals surface area contributed by atoms with Crippen molar-refractivity contribution >= 4 is 17.5 Å². The van der Waals surface area contributed by atoms with Crippen LogP contribution in [-0.4, -0.2) is 49.4 Å². The number of aryl methyl sites for hydroxylation is 1. The Morgan fingerprint density at radius 1 is 1.12 bits per heavy atom. The standard InChI is InChI=1S/C20H29N3O2/c1-16-6-8-18(9-7-16)23-15-17(14-19(23)24)20(25)21-10-13-22-11-4-2-3-5-12-22/h6-9,17H,2-5,10-15H2,1H3,(H,21,25). The minimum absolute atomic E-state index is 0.0118. The van der Waals surface area contributed by atoms with Gasteiger partial charge in [0.15, 0.2) is 0 Å². The van der Waals surface area contributed by atoms with Crippen LogP contribution in [0.2, 0.25) is 0 Å². The number of hydrogen-bond donors (Lipinski definition) is 1. The first-order chi connectivity index (χ1) is 12.1. The van der Waals surface area contributed by atoms with Gasteiger partial charge in [0.25, 0.3) is 0 Å². The fourth-order valence-electron chi connectivity index (χ4n) is 3.70. The molecular formula is C20H29N3O2. The van der Waals surface area contributed by atoms with Crippen LogP contribution in [0.1, 0.15) is 37.7 Å². The molecule has 1 atom stereocenters. The van der Waals surface area contributed by atoms with Gasteiger partial charge in [-0.05, 0) is 45.0 Å². The maximum absolute atomic E-state index is 12.4. The van der Waals surface area contributed by atoms with Crippen molar-refractivity contribution in [3.05, 3.63) is 29.8 Å². The van der Waals surface area contributed by atoms with Gasteiger partial charge in [-0.1, -0.05) is 30.5 Å². The molecule has 0 spiro atoms. The molecule has 136 valence electrons. The molecule has 0 aromatic heterocycles. The first-order valence-electron chi connectivity index (χ1n) is 9.50. The van der Waals surface area contributed by atoms with Crippen molar-refractivity contribution in [1.82, 2.24) is 10.2 Å². The van der Waals surface area contributed by atoms with Crippen molar-refractivity contribution < 1.29 is 9.59 Å². The number of rotatable bonds is 5. The SMILES string of the molecule is Cc1ccc(N2CC(C(=O)NCCN3CCCCCC3)CC2=O)cc1. The second kappa shape index (κ2) is 8.48. The molecule has 2 fully saturated rings. The van der Waals surface area contributed by atoms with E-state index in [1.807, 2.05) is 31.2 Å². The highest BCUT2D eigenvalue weighted by Crippen LogP contribution is 2.25. The largest absolute Gasteiger partial charge is 0.355 e. The quantitative estimate of drug-likeness (QED) is 0.893. The number of amides is 2. The zero-order valence-corrected chi connectivity index (χ0v) is 15.2. The van der Waals surface area contributed by atoms with Crippen LogP contribution in [-0.2, 0) is 9.59 Å². The topological polar surface area (TPSA) is 52.7 Å². The van der Waals surface area contributed by atoms with Gasteiger partial charge in [0, 0.05) is 31.7 Å². The lowest BCUT2D eigenvalue weighted by atomic mass is 10.1. The molecule has 2 heterocycles. The second-order valence-corrected chi connectivity index (χ2v) is 7.29. The number of nitrogens with one attached hydrogen (secondary N) is 1. The summed E-state index contributed by atoms with van der Waals surface area (Å²) >= 11 is 0.